The van der Waals surface area contributed by atoms with E-state index in [1.165, 1.54) is 4.90 Å². The summed E-state index contributed by atoms with van der Waals surface area (Å²) >= 11 is 0. The van der Waals surface area contributed by atoms with Crippen molar-refractivity contribution in [2.24, 2.45) is 23.7 Å². The molecule has 2 bridgehead atoms. The molecule has 5 heteroatoms. The first-order valence-electron chi connectivity index (χ1n) is 8.98. The number of amides is 3. The average molecular weight is 338 g/mol. The summed E-state index contributed by atoms with van der Waals surface area (Å²) in [4.78, 5) is 39.6. The van der Waals surface area contributed by atoms with Crippen LogP contribution in [0.15, 0.2) is 42.5 Å². The fourth-order valence-electron chi connectivity index (χ4n) is 4.62. The molecular formula is C20H22N2O3. The zero-order valence-electron chi connectivity index (χ0n) is 14.2. The Morgan fingerprint density at radius 1 is 1.12 bits per heavy atom. The van der Waals surface area contributed by atoms with E-state index in [0.29, 0.717) is 13.0 Å². The van der Waals surface area contributed by atoms with Crippen molar-refractivity contribution in [3.63, 3.8) is 0 Å². The Balaban J connectivity index is 1.48. The lowest BCUT2D eigenvalue weighted by Gasteiger charge is -2.26. The summed E-state index contributed by atoms with van der Waals surface area (Å²) in [6.07, 6.45) is 5.46. The maximum Gasteiger partial charge on any atom is 0.243 e. The van der Waals surface area contributed by atoms with Crippen LogP contribution in [0, 0.1) is 23.7 Å². The Labute approximate surface area is 147 Å². The topological polar surface area (TPSA) is 66.5 Å². The van der Waals surface area contributed by atoms with Crippen LogP contribution in [0.5, 0.6) is 0 Å². The normalized spacial score (nSPS) is 30.7. The second-order valence-electron chi connectivity index (χ2n) is 7.17. The molecule has 1 aromatic rings. The average Bonchev–Trinajstić information content (AvgIpc) is 3.31. The van der Waals surface area contributed by atoms with Gasteiger partial charge in [-0.25, -0.2) is 0 Å². The molecule has 25 heavy (non-hydrogen) atoms. The van der Waals surface area contributed by atoms with Crippen LogP contribution in [0.25, 0.3) is 0 Å². The van der Waals surface area contributed by atoms with E-state index in [-0.39, 0.29) is 41.4 Å². The molecule has 1 saturated heterocycles. The Hall–Kier alpha value is -2.43. The first kappa shape index (κ1) is 16.1. The van der Waals surface area contributed by atoms with Crippen LogP contribution < -0.4 is 5.32 Å². The Bertz CT molecular complexity index is 713. The summed E-state index contributed by atoms with van der Waals surface area (Å²) in [5.41, 5.74) is 0.990. The third-order valence-corrected chi connectivity index (χ3v) is 5.82. The van der Waals surface area contributed by atoms with E-state index in [0.717, 1.165) is 12.0 Å². The molecule has 0 radical (unpaired) electrons. The number of imide groups is 1. The largest absolute Gasteiger partial charge is 0.350 e. The molecule has 0 spiro atoms. The number of rotatable bonds is 5. The summed E-state index contributed by atoms with van der Waals surface area (Å²) in [5.74, 6) is -0.741. The fourth-order valence-corrected chi connectivity index (χ4v) is 4.62. The summed E-state index contributed by atoms with van der Waals surface area (Å²) in [5, 5.41) is 2.87. The summed E-state index contributed by atoms with van der Waals surface area (Å²) < 4.78 is 0. The van der Waals surface area contributed by atoms with Crippen molar-refractivity contribution in [2.45, 2.75) is 32.4 Å². The minimum absolute atomic E-state index is 0.159. The van der Waals surface area contributed by atoms with Crippen molar-refractivity contribution < 1.29 is 14.4 Å². The second kappa shape index (κ2) is 6.14. The van der Waals surface area contributed by atoms with Gasteiger partial charge in [-0.05, 0) is 30.2 Å². The Morgan fingerprint density at radius 2 is 1.72 bits per heavy atom. The van der Waals surface area contributed by atoms with Gasteiger partial charge in [-0.15, -0.1) is 0 Å². The summed E-state index contributed by atoms with van der Waals surface area (Å²) in [6, 6.07) is 8.89. The first-order valence-corrected chi connectivity index (χ1v) is 8.98. The van der Waals surface area contributed by atoms with E-state index < -0.39 is 6.04 Å². The number of likely N-dealkylation sites (tertiary alicyclic amines) is 1. The van der Waals surface area contributed by atoms with Crippen LogP contribution in [0.1, 0.15) is 25.3 Å². The molecule has 1 heterocycles. The van der Waals surface area contributed by atoms with Gasteiger partial charge in [0.25, 0.3) is 0 Å². The van der Waals surface area contributed by atoms with Crippen LogP contribution in [0.4, 0.5) is 0 Å². The summed E-state index contributed by atoms with van der Waals surface area (Å²) in [7, 11) is 0. The maximum absolute atomic E-state index is 12.9. The lowest BCUT2D eigenvalue weighted by molar-refractivity contribution is -0.148. The fraction of sp³-hybridized carbons (Fsp3) is 0.450. The predicted octanol–water partition coefficient (Wildman–Crippen LogP) is 1.89. The van der Waals surface area contributed by atoms with Crippen molar-refractivity contribution in [2.75, 3.05) is 0 Å². The molecule has 2 fully saturated rings. The van der Waals surface area contributed by atoms with Gasteiger partial charge in [-0.2, -0.15) is 0 Å². The Kier molecular flexibility index (Phi) is 3.94. The van der Waals surface area contributed by atoms with Crippen molar-refractivity contribution in [1.29, 1.82) is 0 Å². The molecule has 5 atom stereocenters. The lowest BCUT2D eigenvalue weighted by Crippen LogP contribution is -2.50. The number of allylic oxidation sites excluding steroid dienone is 2. The van der Waals surface area contributed by atoms with Gasteiger partial charge in [0.05, 0.1) is 11.8 Å². The molecular weight excluding hydrogens is 316 g/mol. The van der Waals surface area contributed by atoms with E-state index in [1.54, 1.807) is 0 Å². The summed E-state index contributed by atoms with van der Waals surface area (Å²) in [6.45, 7) is 2.24. The quantitative estimate of drug-likeness (QED) is 0.658. The van der Waals surface area contributed by atoms with E-state index in [2.05, 4.69) is 17.5 Å². The first-order chi connectivity index (χ1) is 12.1. The van der Waals surface area contributed by atoms with Crippen molar-refractivity contribution in [1.82, 2.24) is 10.2 Å². The van der Waals surface area contributed by atoms with Crippen LogP contribution in [0.2, 0.25) is 0 Å². The van der Waals surface area contributed by atoms with Crippen LogP contribution in [-0.2, 0) is 20.9 Å². The number of nitrogens with one attached hydrogen (secondary N) is 1. The minimum atomic E-state index is -0.714. The zero-order chi connectivity index (χ0) is 17.6. The molecule has 1 saturated carbocycles. The van der Waals surface area contributed by atoms with Crippen molar-refractivity contribution in [3.8, 4) is 0 Å². The van der Waals surface area contributed by atoms with E-state index in [4.69, 9.17) is 0 Å². The standard InChI is InChI=1S/C20H22N2O3/c1-2-15(18(23)21-11-12-6-4-3-5-7-12)22-19(24)16-13-8-9-14(10-13)17(16)20(22)25/h3-9,13-17H,2,10-11H2,1H3,(H,21,23). The smallest absolute Gasteiger partial charge is 0.243 e. The highest BCUT2D eigenvalue weighted by Gasteiger charge is 2.60. The van der Waals surface area contributed by atoms with Crippen LogP contribution in [0.3, 0.4) is 0 Å². The molecule has 3 amide bonds. The third kappa shape index (κ3) is 2.49. The van der Waals surface area contributed by atoms with Crippen LogP contribution >= 0.6 is 0 Å². The minimum Gasteiger partial charge on any atom is -0.350 e. The highest BCUT2D eigenvalue weighted by Crippen LogP contribution is 2.52. The highest BCUT2D eigenvalue weighted by molar-refractivity contribution is 6.09. The molecule has 130 valence electrons. The van der Waals surface area contributed by atoms with Gasteiger partial charge in [0.2, 0.25) is 17.7 Å². The zero-order valence-corrected chi connectivity index (χ0v) is 14.2. The lowest BCUT2D eigenvalue weighted by atomic mass is 9.85. The molecule has 5 nitrogen and oxygen atoms in total. The predicted molar refractivity (Wildman–Crippen MR) is 91.9 cm³/mol. The number of hydrogen-bond donors (Lipinski definition) is 1. The van der Waals surface area contributed by atoms with Gasteiger partial charge in [0.15, 0.2) is 0 Å². The number of carbonyl (C=O) groups is 3. The third-order valence-electron chi connectivity index (χ3n) is 5.82. The molecule has 1 aliphatic heterocycles. The van der Waals surface area contributed by atoms with Crippen molar-refractivity contribution >= 4 is 17.7 Å². The number of benzene rings is 1. The SMILES string of the molecule is CCC(C(=O)NCc1ccccc1)N1C(=O)C2C3C=CC(C3)C2C1=O. The van der Waals surface area contributed by atoms with Gasteiger partial charge < -0.3 is 5.32 Å². The van der Waals surface area contributed by atoms with Gasteiger partial charge in [-0.1, -0.05) is 49.4 Å². The molecule has 2 aliphatic carbocycles. The molecule has 0 aromatic heterocycles. The highest BCUT2D eigenvalue weighted by atomic mass is 16.2. The van der Waals surface area contributed by atoms with Crippen LogP contribution in [-0.4, -0.2) is 28.7 Å². The van der Waals surface area contributed by atoms with Gasteiger partial charge in [0.1, 0.15) is 6.04 Å². The number of fused-ring (bicyclic) bond motifs is 5. The maximum atomic E-state index is 12.9. The van der Waals surface area contributed by atoms with Crippen molar-refractivity contribution in [3.05, 3.63) is 48.0 Å². The van der Waals surface area contributed by atoms with E-state index in [9.17, 15) is 14.4 Å². The van der Waals surface area contributed by atoms with Gasteiger partial charge in [0, 0.05) is 6.54 Å². The molecule has 3 aliphatic rings. The molecule has 1 aromatic carbocycles. The molecule has 1 N–H and O–H groups in total. The number of nitrogens with zero attached hydrogens (tertiary/aromatic N) is 1. The van der Waals surface area contributed by atoms with E-state index >= 15 is 0 Å². The second-order valence-corrected chi connectivity index (χ2v) is 7.17. The molecule has 5 unspecified atom stereocenters. The molecule has 4 rings (SSSR count). The Morgan fingerprint density at radius 3 is 2.28 bits per heavy atom. The monoisotopic (exact) mass is 338 g/mol. The van der Waals surface area contributed by atoms with Gasteiger partial charge in [-0.3, -0.25) is 19.3 Å². The van der Waals surface area contributed by atoms with Gasteiger partial charge >= 0.3 is 0 Å². The van der Waals surface area contributed by atoms with E-state index in [1.807, 2.05) is 37.3 Å². The number of carbonyl (C=O) groups excluding carboxylic acids is 3. The number of hydrogen-bond acceptors (Lipinski definition) is 3.